The van der Waals surface area contributed by atoms with Crippen LogP contribution >= 0.6 is 11.3 Å². The molecule has 3 rings (SSSR count). The van der Waals surface area contributed by atoms with Crippen molar-refractivity contribution in [3.8, 4) is 0 Å². The molecule has 1 aromatic heterocycles. The summed E-state index contributed by atoms with van der Waals surface area (Å²) in [4.78, 5) is 15.1. The Hall–Kier alpha value is -1.90. The van der Waals surface area contributed by atoms with Crippen LogP contribution in [0.5, 0.6) is 0 Å². The van der Waals surface area contributed by atoms with E-state index >= 15 is 0 Å². The highest BCUT2D eigenvalue weighted by Crippen LogP contribution is 2.27. The third-order valence-corrected chi connectivity index (χ3v) is 8.25. The van der Waals surface area contributed by atoms with Crippen molar-refractivity contribution in [1.29, 1.82) is 0 Å². The van der Waals surface area contributed by atoms with E-state index in [1.54, 1.807) is 16.4 Å². The maximum absolute atomic E-state index is 12.7. The van der Waals surface area contributed by atoms with Crippen molar-refractivity contribution in [2.45, 2.75) is 36.4 Å². The Morgan fingerprint density at radius 2 is 1.89 bits per heavy atom. The number of sulfonamides is 1. The van der Waals surface area contributed by atoms with E-state index in [-0.39, 0.29) is 12.3 Å². The molecular formula is C20H27N3O3S2. The zero-order valence-electron chi connectivity index (χ0n) is 16.3. The Kier molecular flexibility index (Phi) is 6.74. The lowest BCUT2D eigenvalue weighted by molar-refractivity contribution is -0.120. The minimum atomic E-state index is -3.43. The van der Waals surface area contributed by atoms with E-state index in [0.717, 1.165) is 35.4 Å². The van der Waals surface area contributed by atoms with E-state index in [9.17, 15) is 13.2 Å². The van der Waals surface area contributed by atoms with Gasteiger partial charge >= 0.3 is 0 Å². The van der Waals surface area contributed by atoms with Crippen molar-refractivity contribution >= 4 is 33.0 Å². The fourth-order valence-electron chi connectivity index (χ4n) is 3.19. The van der Waals surface area contributed by atoms with Crippen molar-refractivity contribution in [3.05, 3.63) is 46.8 Å². The highest BCUT2D eigenvalue weighted by atomic mass is 32.2. The molecule has 1 fully saturated rings. The van der Waals surface area contributed by atoms with Gasteiger partial charge in [-0.05, 0) is 42.7 Å². The number of carbonyl (C=O) groups excluding carboxylic acids is 1. The molecule has 1 aliphatic heterocycles. The molecule has 0 atom stereocenters. The van der Waals surface area contributed by atoms with Crippen molar-refractivity contribution < 1.29 is 13.2 Å². The second-order valence-electron chi connectivity index (χ2n) is 7.20. The van der Waals surface area contributed by atoms with Gasteiger partial charge in [0.1, 0.15) is 4.21 Å². The summed E-state index contributed by atoms with van der Waals surface area (Å²) in [5.41, 5.74) is 2.11. The zero-order valence-corrected chi connectivity index (χ0v) is 18.0. The van der Waals surface area contributed by atoms with Gasteiger partial charge in [-0.25, -0.2) is 8.42 Å². The molecule has 0 spiro atoms. The Morgan fingerprint density at radius 1 is 1.14 bits per heavy atom. The van der Waals surface area contributed by atoms with Crippen molar-refractivity contribution in [2.75, 3.05) is 32.1 Å². The lowest BCUT2D eigenvalue weighted by atomic mass is 10.2. The summed E-state index contributed by atoms with van der Waals surface area (Å²) < 4.78 is 27.3. The van der Waals surface area contributed by atoms with Gasteiger partial charge in [-0.1, -0.05) is 18.6 Å². The summed E-state index contributed by atoms with van der Waals surface area (Å²) in [6, 6.07) is 11.4. The molecule has 0 unspecified atom stereocenters. The van der Waals surface area contributed by atoms with Gasteiger partial charge in [0.05, 0.1) is 6.42 Å². The van der Waals surface area contributed by atoms with Crippen LogP contribution in [0.2, 0.25) is 0 Å². The fourth-order valence-corrected chi connectivity index (χ4v) is 6.22. The molecule has 0 saturated carbocycles. The number of amides is 1. The van der Waals surface area contributed by atoms with Gasteiger partial charge in [-0.15, -0.1) is 11.3 Å². The predicted octanol–water partition coefficient (Wildman–Crippen LogP) is 2.85. The average molecular weight is 422 g/mol. The second kappa shape index (κ2) is 9.07. The summed E-state index contributed by atoms with van der Waals surface area (Å²) in [6.45, 7) is 1.62. The van der Waals surface area contributed by atoms with Gasteiger partial charge < -0.3 is 10.2 Å². The highest BCUT2D eigenvalue weighted by molar-refractivity contribution is 7.91. The molecule has 0 bridgehead atoms. The number of anilines is 1. The van der Waals surface area contributed by atoms with E-state index < -0.39 is 10.0 Å². The normalized spacial score (nSPS) is 15.4. The van der Waals surface area contributed by atoms with Gasteiger partial charge in [0.2, 0.25) is 5.91 Å². The van der Waals surface area contributed by atoms with Crippen LogP contribution < -0.4 is 10.2 Å². The molecule has 1 N–H and O–H groups in total. The van der Waals surface area contributed by atoms with Crippen LogP contribution in [0.3, 0.4) is 0 Å². The standard InChI is InChI=1S/C20H27N3O3S2/c1-22(2)17-8-6-7-16(13-17)15-21-19(24)14-18-9-10-20(27-18)28(25,26)23-11-4-3-5-12-23/h6-10,13H,3-5,11-12,14-15H2,1-2H3,(H,21,24). The van der Waals surface area contributed by atoms with Crippen molar-refractivity contribution in [1.82, 2.24) is 9.62 Å². The summed E-state index contributed by atoms with van der Waals surface area (Å²) in [5, 5.41) is 2.91. The van der Waals surface area contributed by atoms with E-state index in [4.69, 9.17) is 0 Å². The van der Waals surface area contributed by atoms with Gasteiger partial charge in [-0.3, -0.25) is 4.79 Å². The number of piperidine rings is 1. The number of nitrogens with zero attached hydrogens (tertiary/aromatic N) is 2. The summed E-state index contributed by atoms with van der Waals surface area (Å²) in [5.74, 6) is -0.112. The number of hydrogen-bond donors (Lipinski definition) is 1. The molecule has 2 heterocycles. The second-order valence-corrected chi connectivity index (χ2v) is 10.5. The van der Waals surface area contributed by atoms with Gasteiger partial charge in [-0.2, -0.15) is 4.31 Å². The molecule has 1 saturated heterocycles. The maximum Gasteiger partial charge on any atom is 0.252 e. The first-order valence-electron chi connectivity index (χ1n) is 9.48. The monoisotopic (exact) mass is 421 g/mol. The largest absolute Gasteiger partial charge is 0.378 e. The first-order chi connectivity index (χ1) is 13.4. The van der Waals surface area contributed by atoms with Crippen LogP contribution in [0.4, 0.5) is 5.69 Å². The van der Waals surface area contributed by atoms with Crippen LogP contribution in [0.1, 0.15) is 29.7 Å². The first kappa shape index (κ1) is 20.8. The van der Waals surface area contributed by atoms with Crippen LogP contribution in [-0.2, 0) is 27.8 Å². The topological polar surface area (TPSA) is 69.7 Å². The summed E-state index contributed by atoms with van der Waals surface area (Å²) in [7, 11) is 0.523. The van der Waals surface area contributed by atoms with E-state index in [0.29, 0.717) is 23.8 Å². The number of benzene rings is 1. The van der Waals surface area contributed by atoms with Crippen LogP contribution in [-0.4, -0.2) is 45.8 Å². The van der Waals surface area contributed by atoms with E-state index in [1.807, 2.05) is 43.3 Å². The van der Waals surface area contributed by atoms with Crippen LogP contribution in [0.25, 0.3) is 0 Å². The molecule has 0 radical (unpaired) electrons. The molecule has 6 nitrogen and oxygen atoms in total. The smallest absolute Gasteiger partial charge is 0.252 e. The Morgan fingerprint density at radius 3 is 2.61 bits per heavy atom. The third-order valence-electron chi connectivity index (χ3n) is 4.80. The van der Waals surface area contributed by atoms with Crippen LogP contribution in [0.15, 0.2) is 40.6 Å². The highest BCUT2D eigenvalue weighted by Gasteiger charge is 2.27. The molecule has 1 aliphatic rings. The molecule has 2 aromatic rings. The zero-order chi connectivity index (χ0) is 20.1. The van der Waals surface area contributed by atoms with Crippen molar-refractivity contribution in [3.63, 3.8) is 0 Å². The lowest BCUT2D eigenvalue weighted by Crippen LogP contribution is -2.35. The number of nitrogens with one attached hydrogen (secondary N) is 1. The predicted molar refractivity (Wildman–Crippen MR) is 113 cm³/mol. The van der Waals surface area contributed by atoms with Crippen LogP contribution in [0, 0.1) is 0 Å². The number of hydrogen-bond acceptors (Lipinski definition) is 5. The molecule has 8 heteroatoms. The summed E-state index contributed by atoms with van der Waals surface area (Å²) in [6.07, 6.45) is 3.09. The van der Waals surface area contributed by atoms with Gasteiger partial charge in [0.15, 0.2) is 0 Å². The fraction of sp³-hybridized carbons (Fsp3) is 0.450. The average Bonchev–Trinajstić information content (AvgIpc) is 3.16. The number of rotatable bonds is 7. The van der Waals surface area contributed by atoms with E-state index in [2.05, 4.69) is 5.32 Å². The van der Waals surface area contributed by atoms with E-state index in [1.165, 1.54) is 11.3 Å². The summed E-state index contributed by atoms with van der Waals surface area (Å²) >= 11 is 1.19. The number of thiophene rings is 1. The Bertz CT molecular complexity index is 916. The molecule has 1 amide bonds. The van der Waals surface area contributed by atoms with Gasteiger partial charge in [0.25, 0.3) is 10.0 Å². The molecule has 0 aliphatic carbocycles. The Balaban J connectivity index is 1.57. The van der Waals surface area contributed by atoms with Crippen molar-refractivity contribution in [2.24, 2.45) is 0 Å². The Labute approximate surface area is 171 Å². The maximum atomic E-state index is 12.7. The minimum absolute atomic E-state index is 0.112. The quantitative estimate of drug-likeness (QED) is 0.746. The first-order valence-corrected chi connectivity index (χ1v) is 11.7. The molecule has 152 valence electrons. The molecule has 28 heavy (non-hydrogen) atoms. The molecular weight excluding hydrogens is 394 g/mol. The molecule has 1 aromatic carbocycles. The third kappa shape index (κ3) is 5.12. The number of carbonyl (C=O) groups is 1. The van der Waals surface area contributed by atoms with Gasteiger partial charge in [0, 0.05) is 44.3 Å². The SMILES string of the molecule is CN(C)c1cccc(CNC(=O)Cc2ccc(S(=O)(=O)N3CCCCC3)s2)c1. The lowest BCUT2D eigenvalue weighted by Gasteiger charge is -2.25. The minimum Gasteiger partial charge on any atom is -0.378 e.